The average molecular weight is 320 g/mol. The molecule has 4 atom stereocenters. The Balaban J connectivity index is 2.16. The van der Waals surface area contributed by atoms with E-state index >= 15 is 0 Å². The molecule has 4 heteroatoms. The number of aliphatic hydroxyl groups is 1. The maximum Gasteiger partial charge on any atom is 0.192 e. The quantitative estimate of drug-likeness (QED) is 0.442. The highest BCUT2D eigenvalue weighted by Crippen LogP contribution is 2.41. The van der Waals surface area contributed by atoms with E-state index in [2.05, 4.69) is 18.9 Å². The summed E-state index contributed by atoms with van der Waals surface area (Å²) < 4.78 is 17.6. The molecule has 0 saturated carbocycles. The third-order valence-corrected chi connectivity index (χ3v) is 3.88. The van der Waals surface area contributed by atoms with Crippen molar-refractivity contribution in [3.8, 4) is 0 Å². The van der Waals surface area contributed by atoms with Crippen molar-refractivity contribution < 1.29 is 19.3 Å². The van der Waals surface area contributed by atoms with E-state index in [-0.39, 0.29) is 6.10 Å². The van der Waals surface area contributed by atoms with Gasteiger partial charge in [0, 0.05) is 5.57 Å². The summed E-state index contributed by atoms with van der Waals surface area (Å²) in [6.07, 6.45) is 5.35. The second kappa shape index (κ2) is 7.61. The monoisotopic (exact) mass is 320 g/mol. The van der Waals surface area contributed by atoms with E-state index in [4.69, 9.17) is 14.2 Å². The highest BCUT2D eigenvalue weighted by molar-refractivity contribution is 5.23. The number of unbranched alkanes of at least 4 members (excludes halogenated alkanes) is 2. The number of fused-ring (bicyclic) bond motifs is 1. The minimum absolute atomic E-state index is 0.314. The molecule has 2 saturated heterocycles. The molecule has 0 bridgehead atoms. The van der Waals surface area contributed by atoms with Crippen LogP contribution in [0, 0.1) is 0 Å². The van der Waals surface area contributed by atoms with Gasteiger partial charge in [0.25, 0.3) is 0 Å². The largest absolute Gasteiger partial charge is 0.390 e. The zero-order valence-electron chi connectivity index (χ0n) is 14.4. The molecule has 2 rings (SSSR count). The van der Waals surface area contributed by atoms with E-state index in [1.54, 1.807) is 0 Å². The Hall–Kier alpha value is -1.16. The second-order valence-corrected chi connectivity index (χ2v) is 6.73. The van der Waals surface area contributed by atoms with E-state index < -0.39 is 24.3 Å². The summed E-state index contributed by atoms with van der Waals surface area (Å²) in [6, 6.07) is 0. The lowest BCUT2D eigenvalue weighted by Crippen LogP contribution is -2.32. The van der Waals surface area contributed by atoms with Crippen molar-refractivity contribution in [3.63, 3.8) is 0 Å². The minimum Gasteiger partial charge on any atom is -0.390 e. The molecule has 0 radical (unpaired) electrons. The lowest BCUT2D eigenvalue weighted by Gasteiger charge is -2.24. The first-order valence-corrected chi connectivity index (χ1v) is 8.23. The molecular weight excluding hydrogens is 292 g/mol. The van der Waals surface area contributed by atoms with Crippen molar-refractivity contribution in [2.75, 3.05) is 0 Å². The lowest BCUT2D eigenvalue weighted by atomic mass is 9.98. The summed E-state index contributed by atoms with van der Waals surface area (Å²) in [6.45, 7) is 13.2. The van der Waals surface area contributed by atoms with Crippen molar-refractivity contribution in [2.24, 2.45) is 0 Å². The average Bonchev–Trinajstić information content (AvgIpc) is 2.90. The fraction of sp³-hybridized carbons (Fsp3) is 0.632. The number of hydrogen-bond donors (Lipinski definition) is 1. The standard InChI is InChI=1S/C19H28O4/c1-6-7-8-9-10-11-14-16(15(20)12-13(2)3)21-18-17(14)22-19(4,5)23-18/h6,10,15-18,20H,1-2,7-9,12H2,3-5H3/t11?,15-,16+,17-,18-/m1/s1. The van der Waals surface area contributed by atoms with Crippen LogP contribution in [0.3, 0.4) is 0 Å². The molecule has 128 valence electrons. The van der Waals surface area contributed by atoms with Crippen molar-refractivity contribution in [2.45, 2.75) is 76.8 Å². The highest BCUT2D eigenvalue weighted by Gasteiger charge is 2.53. The molecule has 0 aromatic carbocycles. The van der Waals surface area contributed by atoms with Crippen molar-refractivity contribution >= 4 is 0 Å². The summed E-state index contributed by atoms with van der Waals surface area (Å²) in [5, 5.41) is 10.4. The highest BCUT2D eigenvalue weighted by atomic mass is 16.8. The van der Waals surface area contributed by atoms with Crippen LogP contribution in [-0.2, 0) is 14.2 Å². The zero-order valence-corrected chi connectivity index (χ0v) is 14.4. The van der Waals surface area contributed by atoms with Gasteiger partial charge in [-0.25, -0.2) is 0 Å². The van der Waals surface area contributed by atoms with E-state index in [9.17, 15) is 5.11 Å². The fourth-order valence-electron chi connectivity index (χ4n) is 2.90. The molecule has 1 N–H and O–H groups in total. The topological polar surface area (TPSA) is 47.9 Å². The summed E-state index contributed by atoms with van der Waals surface area (Å²) in [7, 11) is 0. The fourth-order valence-corrected chi connectivity index (χ4v) is 2.90. The predicted octanol–water partition coefficient (Wildman–Crippen LogP) is 3.63. The predicted molar refractivity (Wildman–Crippen MR) is 89.8 cm³/mol. The molecule has 0 aromatic heterocycles. The van der Waals surface area contributed by atoms with Crippen molar-refractivity contribution in [3.05, 3.63) is 42.2 Å². The number of rotatable bonds is 7. The van der Waals surface area contributed by atoms with Gasteiger partial charge >= 0.3 is 0 Å². The van der Waals surface area contributed by atoms with Crippen LogP contribution >= 0.6 is 0 Å². The zero-order chi connectivity index (χ0) is 17.0. The number of ether oxygens (including phenoxy) is 3. The first-order chi connectivity index (χ1) is 10.8. The summed E-state index contributed by atoms with van der Waals surface area (Å²) in [5.74, 6) is -0.685. The normalized spacial score (nSPS) is 29.7. The SMILES string of the molecule is C=CCCCC=C=C1[C@H]2OC(C)(C)O[C@H]2O[C@@H]1[C@H](O)CC(=C)C. The van der Waals surface area contributed by atoms with Gasteiger partial charge in [-0.2, -0.15) is 0 Å². The first-order valence-electron chi connectivity index (χ1n) is 8.23. The maximum absolute atomic E-state index is 10.4. The Bertz CT molecular complexity index is 513. The molecule has 0 aliphatic carbocycles. The molecule has 2 fully saturated rings. The molecule has 2 aliphatic heterocycles. The van der Waals surface area contributed by atoms with E-state index in [0.717, 1.165) is 30.4 Å². The number of allylic oxidation sites excluding steroid dienone is 1. The smallest absolute Gasteiger partial charge is 0.192 e. The molecule has 4 nitrogen and oxygen atoms in total. The van der Waals surface area contributed by atoms with Crippen LogP contribution in [0.4, 0.5) is 0 Å². The third kappa shape index (κ3) is 4.66. The molecule has 2 aliphatic rings. The van der Waals surface area contributed by atoms with Crippen LogP contribution in [0.5, 0.6) is 0 Å². The number of hydrogen-bond acceptors (Lipinski definition) is 4. The van der Waals surface area contributed by atoms with Gasteiger partial charge in [0.2, 0.25) is 0 Å². The Morgan fingerprint density at radius 3 is 2.78 bits per heavy atom. The Labute approximate surface area is 139 Å². The minimum atomic E-state index is -0.685. The Morgan fingerprint density at radius 2 is 2.13 bits per heavy atom. The van der Waals surface area contributed by atoms with Crippen LogP contribution < -0.4 is 0 Å². The first kappa shape index (κ1) is 18.2. The molecule has 0 amide bonds. The van der Waals surface area contributed by atoms with Gasteiger partial charge in [-0.15, -0.1) is 18.9 Å². The maximum atomic E-state index is 10.4. The van der Waals surface area contributed by atoms with Crippen LogP contribution in [0.25, 0.3) is 0 Å². The number of aliphatic hydroxyl groups excluding tert-OH is 1. The van der Waals surface area contributed by atoms with Gasteiger partial charge in [-0.3, -0.25) is 0 Å². The third-order valence-electron chi connectivity index (χ3n) is 3.88. The van der Waals surface area contributed by atoms with Gasteiger partial charge in [-0.1, -0.05) is 11.6 Å². The molecule has 0 aromatic rings. The van der Waals surface area contributed by atoms with Gasteiger partial charge in [-0.05, 0) is 52.5 Å². The van der Waals surface area contributed by atoms with Crippen LogP contribution in [0.1, 0.15) is 46.5 Å². The van der Waals surface area contributed by atoms with Crippen molar-refractivity contribution in [1.82, 2.24) is 0 Å². The second-order valence-electron chi connectivity index (χ2n) is 6.73. The van der Waals surface area contributed by atoms with Crippen LogP contribution in [0.2, 0.25) is 0 Å². The molecule has 0 unspecified atom stereocenters. The Kier molecular flexibility index (Phi) is 6.01. The molecular formula is C19H28O4. The lowest BCUT2D eigenvalue weighted by molar-refractivity contribution is -0.208. The van der Waals surface area contributed by atoms with E-state index in [1.807, 2.05) is 32.9 Å². The van der Waals surface area contributed by atoms with Crippen LogP contribution in [0.15, 0.2) is 42.2 Å². The van der Waals surface area contributed by atoms with E-state index in [1.165, 1.54) is 0 Å². The van der Waals surface area contributed by atoms with Gasteiger partial charge in [0.15, 0.2) is 12.1 Å². The Morgan fingerprint density at radius 1 is 1.39 bits per heavy atom. The van der Waals surface area contributed by atoms with Gasteiger partial charge < -0.3 is 19.3 Å². The van der Waals surface area contributed by atoms with Gasteiger partial charge in [0.05, 0.1) is 6.10 Å². The molecule has 2 heterocycles. The summed E-state index contributed by atoms with van der Waals surface area (Å²) in [5.41, 5.74) is 5.03. The summed E-state index contributed by atoms with van der Waals surface area (Å²) >= 11 is 0. The van der Waals surface area contributed by atoms with Gasteiger partial charge in [0.1, 0.15) is 12.2 Å². The molecule has 0 spiro atoms. The molecule has 23 heavy (non-hydrogen) atoms. The van der Waals surface area contributed by atoms with Crippen LogP contribution in [-0.4, -0.2) is 35.5 Å². The van der Waals surface area contributed by atoms with Crippen molar-refractivity contribution in [1.29, 1.82) is 0 Å². The van der Waals surface area contributed by atoms with E-state index in [0.29, 0.717) is 6.42 Å². The summed E-state index contributed by atoms with van der Waals surface area (Å²) in [4.78, 5) is 0.